The maximum atomic E-state index is 10.6. The third-order valence-corrected chi connectivity index (χ3v) is 12.0. The van der Waals surface area contributed by atoms with Gasteiger partial charge in [-0.15, -0.1) is 0 Å². The van der Waals surface area contributed by atoms with Crippen molar-refractivity contribution in [2.45, 2.75) is 97.8 Å². The molecule has 8 atom stereocenters. The molecule has 59 heavy (non-hydrogen) atoms. The first kappa shape index (κ1) is 53.7. The highest BCUT2D eigenvalue weighted by molar-refractivity contribution is 5.87. The van der Waals surface area contributed by atoms with Crippen LogP contribution < -0.4 is 0 Å². The van der Waals surface area contributed by atoms with Crippen LogP contribution in [0.3, 0.4) is 0 Å². The second-order valence-electron chi connectivity index (χ2n) is 16.3. The highest BCUT2D eigenvalue weighted by Gasteiger charge is 2.49. The number of rotatable bonds is 16. The molecule has 0 heterocycles. The third-order valence-electron chi connectivity index (χ3n) is 12.0. The van der Waals surface area contributed by atoms with E-state index in [-0.39, 0.29) is 17.9 Å². The van der Waals surface area contributed by atoms with E-state index in [4.69, 9.17) is 0 Å². The molecule has 0 aromatic carbocycles. The van der Waals surface area contributed by atoms with Crippen molar-refractivity contribution < 1.29 is 57.1 Å². The second kappa shape index (κ2) is 31.5. The number of methoxy groups -OCH3 is 4. The van der Waals surface area contributed by atoms with E-state index in [0.29, 0.717) is 69.6 Å². The molecular formula is C47H78O12. The molecule has 6 aliphatic rings. The lowest BCUT2D eigenvalue weighted by Crippen LogP contribution is -2.15. The van der Waals surface area contributed by atoms with Gasteiger partial charge in [0.25, 0.3) is 0 Å². The Morgan fingerprint density at radius 3 is 0.915 bits per heavy atom. The summed E-state index contributed by atoms with van der Waals surface area (Å²) in [4.78, 5) is 42.2. The van der Waals surface area contributed by atoms with Crippen LogP contribution in [0, 0.1) is 47.3 Å². The highest BCUT2D eigenvalue weighted by atomic mass is 16.6. The van der Waals surface area contributed by atoms with Crippen molar-refractivity contribution >= 4 is 23.9 Å². The monoisotopic (exact) mass is 835 g/mol. The van der Waals surface area contributed by atoms with Crippen LogP contribution in [-0.4, -0.2) is 105 Å². The molecule has 0 spiro atoms. The van der Waals surface area contributed by atoms with Crippen LogP contribution in [-0.2, 0) is 57.1 Å². The minimum Gasteiger partial charge on any atom is -0.460 e. The van der Waals surface area contributed by atoms with E-state index in [1.54, 1.807) is 126 Å². The minimum atomic E-state index is -0.410. The molecule has 6 fully saturated rings. The van der Waals surface area contributed by atoms with Gasteiger partial charge in [0.15, 0.2) is 0 Å². The molecule has 6 aliphatic carbocycles. The first-order valence-corrected chi connectivity index (χ1v) is 21.5. The number of carbonyl (C=O) groups excluding carboxylic acids is 4. The Balaban J connectivity index is 0.000000354. The first-order valence-electron chi connectivity index (χ1n) is 21.5. The van der Waals surface area contributed by atoms with Crippen molar-refractivity contribution in [3.63, 3.8) is 0 Å². The van der Waals surface area contributed by atoms with Gasteiger partial charge < -0.3 is 37.9 Å². The third kappa shape index (κ3) is 21.2. The lowest BCUT2D eigenvalue weighted by molar-refractivity contribution is -0.141. The number of hydrogen-bond acceptors (Lipinski definition) is 12. The summed E-state index contributed by atoms with van der Waals surface area (Å²) < 4.78 is 37.2. The molecule has 338 valence electrons. The SMILES string of the molecule is C1CC2C3CCC(C3)C2C1.C1CC2C3CCC(C3)C2C1.C=C(C)C(=O)OCCOC.C=C(C)C(=O)OCCOC.C=C(C)C(=O)OCCOC.C=CC(=O)OCCOC. The van der Waals surface area contributed by atoms with E-state index in [0.717, 1.165) is 6.08 Å². The summed E-state index contributed by atoms with van der Waals surface area (Å²) in [5.41, 5.74) is 1.24. The van der Waals surface area contributed by atoms with Crippen LogP contribution >= 0.6 is 0 Å². The van der Waals surface area contributed by atoms with Crippen LogP contribution in [0.1, 0.15) is 97.8 Å². The maximum Gasteiger partial charge on any atom is 0.333 e. The number of fused-ring (bicyclic) bond motifs is 10. The van der Waals surface area contributed by atoms with Gasteiger partial charge in [-0.2, -0.15) is 0 Å². The number of carbonyl (C=O) groups is 4. The number of ether oxygens (including phenoxy) is 8. The highest BCUT2D eigenvalue weighted by Crippen LogP contribution is 2.59. The van der Waals surface area contributed by atoms with Gasteiger partial charge in [0.1, 0.15) is 26.4 Å². The van der Waals surface area contributed by atoms with E-state index >= 15 is 0 Å². The summed E-state index contributed by atoms with van der Waals surface area (Å²) in [5, 5.41) is 0. The van der Waals surface area contributed by atoms with E-state index in [1.807, 2.05) is 0 Å². The molecule has 0 N–H and O–H groups in total. The molecule has 12 heteroatoms. The fraction of sp³-hybridized carbons (Fsp3) is 0.745. The van der Waals surface area contributed by atoms with Gasteiger partial charge in [0.05, 0.1) is 26.4 Å². The fourth-order valence-electron chi connectivity index (χ4n) is 9.34. The Hall–Kier alpha value is -3.32. The molecule has 0 amide bonds. The first-order chi connectivity index (χ1) is 28.2. The summed E-state index contributed by atoms with van der Waals surface area (Å²) in [7, 11) is 6.19. The molecular weight excluding hydrogens is 757 g/mol. The fourth-order valence-corrected chi connectivity index (χ4v) is 9.34. The van der Waals surface area contributed by atoms with Gasteiger partial charge in [-0.3, -0.25) is 0 Å². The predicted octanol–water partition coefficient (Wildman–Crippen LogP) is 8.28. The normalized spacial score (nSPS) is 25.4. The van der Waals surface area contributed by atoms with Crippen LogP contribution in [0.5, 0.6) is 0 Å². The lowest BCUT2D eigenvalue weighted by Gasteiger charge is -2.23. The topological polar surface area (TPSA) is 142 Å². The summed E-state index contributed by atoms with van der Waals surface area (Å²) in [5.74, 6) is 8.10. The van der Waals surface area contributed by atoms with Crippen LogP contribution in [0.4, 0.5) is 0 Å². The predicted molar refractivity (Wildman–Crippen MR) is 229 cm³/mol. The van der Waals surface area contributed by atoms with Gasteiger partial charge in [0.2, 0.25) is 0 Å². The summed E-state index contributed by atoms with van der Waals surface area (Å²) in [6.07, 6.45) is 20.2. The minimum absolute atomic E-state index is 0.293. The van der Waals surface area contributed by atoms with Crippen molar-refractivity contribution in [1.29, 1.82) is 0 Å². The Kier molecular flexibility index (Phi) is 28.7. The summed E-state index contributed by atoms with van der Waals surface area (Å²) in [6, 6.07) is 0. The largest absolute Gasteiger partial charge is 0.460 e. The molecule has 0 saturated heterocycles. The maximum absolute atomic E-state index is 10.6. The quantitative estimate of drug-likeness (QED) is 0.0639. The Bertz CT molecular complexity index is 1150. The number of esters is 4. The molecule has 0 aromatic heterocycles. The Morgan fingerprint density at radius 2 is 0.695 bits per heavy atom. The molecule has 8 unspecified atom stereocenters. The Labute approximate surface area is 355 Å². The molecule has 0 aromatic rings. The van der Waals surface area contributed by atoms with Crippen molar-refractivity contribution in [1.82, 2.24) is 0 Å². The van der Waals surface area contributed by atoms with E-state index in [1.165, 1.54) is 47.3 Å². The standard InChI is InChI=1S/2C10H16.3C7H12O3.C6H10O3/c2*1-2-9-7-4-5-8(6-7)10(9)3-1;3*1-6(2)7(8)10-5-4-9-3;1-3-6(7)9-5-4-8-2/h2*7-10H,1-6H2;3*1,4-5H2,2-3H3;3H,1,4-5H2,2H3. The zero-order valence-electron chi connectivity index (χ0n) is 37.6. The molecule has 6 rings (SSSR count). The van der Waals surface area contributed by atoms with E-state index in [2.05, 4.69) is 64.2 Å². The zero-order valence-corrected chi connectivity index (χ0v) is 37.6. The van der Waals surface area contributed by atoms with Crippen molar-refractivity contribution in [2.24, 2.45) is 47.3 Å². The zero-order chi connectivity index (χ0) is 44.2. The van der Waals surface area contributed by atoms with Crippen molar-refractivity contribution in [3.05, 3.63) is 49.1 Å². The van der Waals surface area contributed by atoms with Crippen molar-refractivity contribution in [3.8, 4) is 0 Å². The molecule has 12 nitrogen and oxygen atoms in total. The van der Waals surface area contributed by atoms with E-state index in [9.17, 15) is 19.2 Å². The van der Waals surface area contributed by atoms with Gasteiger partial charge in [-0.1, -0.05) is 39.2 Å². The van der Waals surface area contributed by atoms with Crippen LogP contribution in [0.15, 0.2) is 49.1 Å². The van der Waals surface area contributed by atoms with Gasteiger partial charge in [0, 0.05) is 51.2 Å². The number of hydrogen-bond donors (Lipinski definition) is 0. The van der Waals surface area contributed by atoms with Crippen molar-refractivity contribution in [2.75, 3.05) is 81.3 Å². The average Bonchev–Trinajstić information content (AvgIpc) is 4.08. The van der Waals surface area contributed by atoms with Crippen LogP contribution in [0.2, 0.25) is 0 Å². The molecule has 0 aliphatic heterocycles. The van der Waals surface area contributed by atoms with Crippen LogP contribution in [0.25, 0.3) is 0 Å². The lowest BCUT2D eigenvalue weighted by atomic mass is 9.82. The summed E-state index contributed by atoms with van der Waals surface area (Å²) in [6.45, 7) is 21.2. The summed E-state index contributed by atoms with van der Waals surface area (Å²) >= 11 is 0. The Morgan fingerprint density at radius 1 is 0.441 bits per heavy atom. The smallest absolute Gasteiger partial charge is 0.333 e. The van der Waals surface area contributed by atoms with Gasteiger partial charge in [-0.05, 0) is 132 Å². The van der Waals surface area contributed by atoms with E-state index < -0.39 is 5.97 Å². The average molecular weight is 835 g/mol. The molecule has 0 radical (unpaired) electrons. The molecule has 4 bridgehead atoms. The van der Waals surface area contributed by atoms with Gasteiger partial charge in [-0.25, -0.2) is 19.2 Å². The second-order valence-corrected chi connectivity index (χ2v) is 16.3. The molecule has 6 saturated carbocycles. The van der Waals surface area contributed by atoms with Gasteiger partial charge >= 0.3 is 23.9 Å².